The van der Waals surface area contributed by atoms with Crippen molar-refractivity contribution in [2.24, 2.45) is 11.3 Å². The molecule has 2 heteroatoms. The number of carbonyl (C=O) groups excluding carboxylic acids is 1. The maximum absolute atomic E-state index is 11.6. The van der Waals surface area contributed by atoms with Gasteiger partial charge >= 0.3 is 5.97 Å². The van der Waals surface area contributed by atoms with Gasteiger partial charge in [-0.3, -0.25) is 0 Å². The van der Waals surface area contributed by atoms with Gasteiger partial charge in [0.25, 0.3) is 0 Å². The highest BCUT2D eigenvalue weighted by molar-refractivity contribution is 5.87. The fraction of sp³-hybridized carbons (Fsp3) is 0.786. The molecular formula is C14H24O2. The Morgan fingerprint density at radius 3 is 2.31 bits per heavy atom. The molecule has 0 aromatic heterocycles. The van der Waals surface area contributed by atoms with Crippen LogP contribution >= 0.6 is 0 Å². The van der Waals surface area contributed by atoms with E-state index in [1.54, 1.807) is 6.92 Å². The van der Waals surface area contributed by atoms with Crippen molar-refractivity contribution in [2.45, 2.75) is 59.5 Å². The molecule has 1 saturated carbocycles. The van der Waals surface area contributed by atoms with E-state index in [9.17, 15) is 4.79 Å². The number of hydrogen-bond acceptors (Lipinski definition) is 2. The maximum atomic E-state index is 11.6. The number of rotatable bonds is 2. The summed E-state index contributed by atoms with van der Waals surface area (Å²) in [5.41, 5.74) is 0.707. The molecule has 0 N–H and O–H groups in total. The zero-order valence-electron chi connectivity index (χ0n) is 11.0. The normalized spacial score (nSPS) is 26.2. The Hall–Kier alpha value is -0.790. The molecule has 16 heavy (non-hydrogen) atoms. The zero-order valence-corrected chi connectivity index (χ0v) is 11.0. The molecule has 0 aliphatic heterocycles. The summed E-state index contributed by atoms with van der Waals surface area (Å²) < 4.78 is 5.55. The van der Waals surface area contributed by atoms with E-state index in [0.717, 1.165) is 12.8 Å². The third kappa shape index (κ3) is 3.36. The lowest BCUT2D eigenvalue weighted by Crippen LogP contribution is -2.38. The fourth-order valence-electron chi connectivity index (χ4n) is 2.47. The smallest absolute Gasteiger partial charge is 0.333 e. The van der Waals surface area contributed by atoms with Gasteiger partial charge in [-0.25, -0.2) is 4.79 Å². The Balaban J connectivity index is 2.68. The van der Waals surface area contributed by atoms with Crippen LogP contribution < -0.4 is 0 Å². The lowest BCUT2D eigenvalue weighted by Gasteiger charge is -2.39. The number of carbonyl (C=O) groups is 1. The van der Waals surface area contributed by atoms with Crippen molar-refractivity contribution in [3.63, 3.8) is 0 Å². The average Bonchev–Trinajstić information content (AvgIpc) is 2.16. The Bertz CT molecular complexity index is 273. The summed E-state index contributed by atoms with van der Waals surface area (Å²) in [5.74, 6) is 0.241. The molecule has 0 bridgehead atoms. The molecule has 1 aliphatic carbocycles. The van der Waals surface area contributed by atoms with Crippen molar-refractivity contribution in [3.05, 3.63) is 12.2 Å². The van der Waals surface area contributed by atoms with Gasteiger partial charge in [0.15, 0.2) is 0 Å². The van der Waals surface area contributed by atoms with E-state index >= 15 is 0 Å². The van der Waals surface area contributed by atoms with Crippen molar-refractivity contribution in [3.8, 4) is 0 Å². The molecule has 1 fully saturated rings. The molecule has 0 aromatic rings. The van der Waals surface area contributed by atoms with Crippen LogP contribution in [0.4, 0.5) is 0 Å². The van der Waals surface area contributed by atoms with Gasteiger partial charge in [-0.15, -0.1) is 0 Å². The Labute approximate surface area is 99.1 Å². The molecule has 1 aliphatic rings. The van der Waals surface area contributed by atoms with E-state index in [0.29, 0.717) is 11.5 Å². The first kappa shape index (κ1) is 13.3. The molecule has 92 valence electrons. The number of ether oxygens (including phenoxy) is 1. The van der Waals surface area contributed by atoms with E-state index in [1.807, 2.05) is 0 Å². The second-order valence-electron chi connectivity index (χ2n) is 5.98. The zero-order chi connectivity index (χ0) is 12.3. The first-order valence-corrected chi connectivity index (χ1v) is 6.19. The molecule has 2 nitrogen and oxygen atoms in total. The van der Waals surface area contributed by atoms with Crippen molar-refractivity contribution in [1.82, 2.24) is 0 Å². The standard InChI is InChI=1S/C14H24O2/c1-10(2)13(15)16-12-9-7-6-8-11(12)14(3,4)5/h11-12H,1,6-9H2,2-5H3/t11-,12-/m1/s1. The summed E-state index contributed by atoms with van der Waals surface area (Å²) in [7, 11) is 0. The second kappa shape index (κ2) is 5.03. The second-order valence-corrected chi connectivity index (χ2v) is 5.98. The molecule has 0 radical (unpaired) electrons. The van der Waals surface area contributed by atoms with Crippen LogP contribution in [0.25, 0.3) is 0 Å². The van der Waals surface area contributed by atoms with Crippen molar-refractivity contribution in [1.29, 1.82) is 0 Å². The Morgan fingerprint density at radius 1 is 1.25 bits per heavy atom. The molecule has 0 spiro atoms. The summed E-state index contributed by atoms with van der Waals surface area (Å²) in [5, 5.41) is 0. The molecule has 0 unspecified atom stereocenters. The first-order valence-electron chi connectivity index (χ1n) is 6.19. The van der Waals surface area contributed by atoms with Crippen LogP contribution in [0, 0.1) is 11.3 Å². The van der Waals surface area contributed by atoms with Gasteiger partial charge in [-0.2, -0.15) is 0 Å². The number of esters is 1. The van der Waals surface area contributed by atoms with E-state index in [4.69, 9.17) is 4.74 Å². The lowest BCUT2D eigenvalue weighted by atomic mass is 9.70. The van der Waals surface area contributed by atoms with E-state index < -0.39 is 0 Å². The van der Waals surface area contributed by atoms with Gasteiger partial charge in [-0.05, 0) is 31.6 Å². The predicted molar refractivity (Wildman–Crippen MR) is 66.1 cm³/mol. The van der Waals surface area contributed by atoms with Gasteiger partial charge < -0.3 is 4.74 Å². The average molecular weight is 224 g/mol. The quantitative estimate of drug-likeness (QED) is 0.528. The predicted octanol–water partition coefficient (Wildman–Crippen LogP) is 3.71. The fourth-order valence-corrected chi connectivity index (χ4v) is 2.47. The van der Waals surface area contributed by atoms with Crippen LogP contribution in [0.2, 0.25) is 0 Å². The Morgan fingerprint density at radius 2 is 1.81 bits per heavy atom. The third-order valence-electron chi connectivity index (χ3n) is 3.42. The summed E-state index contributed by atoms with van der Waals surface area (Å²) in [6.07, 6.45) is 4.67. The van der Waals surface area contributed by atoms with Crippen LogP contribution in [0.15, 0.2) is 12.2 Å². The lowest BCUT2D eigenvalue weighted by molar-refractivity contribution is -0.151. The van der Waals surface area contributed by atoms with Crippen LogP contribution in [0.1, 0.15) is 53.4 Å². The molecule has 0 aromatic carbocycles. The highest BCUT2D eigenvalue weighted by Gasteiger charge is 2.36. The maximum Gasteiger partial charge on any atom is 0.333 e. The highest BCUT2D eigenvalue weighted by Crippen LogP contribution is 2.39. The van der Waals surface area contributed by atoms with Crippen LogP contribution in [-0.4, -0.2) is 12.1 Å². The summed E-state index contributed by atoms with van der Waals surface area (Å²) in [4.78, 5) is 11.6. The van der Waals surface area contributed by atoms with Crippen LogP contribution in [0.3, 0.4) is 0 Å². The van der Waals surface area contributed by atoms with E-state index in [2.05, 4.69) is 27.4 Å². The number of hydrogen-bond donors (Lipinski definition) is 0. The molecule has 0 saturated heterocycles. The molecular weight excluding hydrogens is 200 g/mol. The SMILES string of the molecule is C=C(C)C(=O)O[C@@H]1CCCC[C@H]1C(C)(C)C. The first-order chi connectivity index (χ1) is 7.32. The summed E-state index contributed by atoms with van der Waals surface area (Å²) in [6.45, 7) is 12.0. The third-order valence-corrected chi connectivity index (χ3v) is 3.42. The highest BCUT2D eigenvalue weighted by atomic mass is 16.5. The van der Waals surface area contributed by atoms with Gasteiger partial charge in [0.1, 0.15) is 6.10 Å². The Kier molecular flexibility index (Phi) is 4.17. The van der Waals surface area contributed by atoms with Gasteiger partial charge in [0.2, 0.25) is 0 Å². The minimum atomic E-state index is -0.235. The summed E-state index contributed by atoms with van der Waals surface area (Å²) in [6, 6.07) is 0. The van der Waals surface area contributed by atoms with Crippen LogP contribution in [0.5, 0.6) is 0 Å². The van der Waals surface area contributed by atoms with Gasteiger partial charge in [0.05, 0.1) is 0 Å². The topological polar surface area (TPSA) is 26.3 Å². The minimum Gasteiger partial charge on any atom is -0.459 e. The van der Waals surface area contributed by atoms with Crippen molar-refractivity contribution in [2.75, 3.05) is 0 Å². The van der Waals surface area contributed by atoms with E-state index in [1.165, 1.54) is 12.8 Å². The monoisotopic (exact) mass is 224 g/mol. The van der Waals surface area contributed by atoms with Gasteiger partial charge in [0, 0.05) is 11.5 Å². The van der Waals surface area contributed by atoms with E-state index in [-0.39, 0.29) is 17.5 Å². The van der Waals surface area contributed by atoms with Crippen molar-refractivity contribution < 1.29 is 9.53 Å². The van der Waals surface area contributed by atoms with Crippen LogP contribution in [-0.2, 0) is 9.53 Å². The largest absolute Gasteiger partial charge is 0.459 e. The molecule has 2 atom stereocenters. The molecule has 0 heterocycles. The molecule has 1 rings (SSSR count). The molecule has 0 amide bonds. The van der Waals surface area contributed by atoms with Gasteiger partial charge in [-0.1, -0.05) is 33.8 Å². The summed E-state index contributed by atoms with van der Waals surface area (Å²) >= 11 is 0. The minimum absolute atomic E-state index is 0.0814. The van der Waals surface area contributed by atoms with Crippen molar-refractivity contribution >= 4 is 5.97 Å².